The van der Waals surface area contributed by atoms with Crippen LogP contribution >= 0.6 is 11.8 Å². The number of aromatic nitrogens is 4. The van der Waals surface area contributed by atoms with E-state index in [4.69, 9.17) is 10.5 Å². The maximum absolute atomic E-state index is 12.6. The number of aryl methyl sites for hydroxylation is 1. The summed E-state index contributed by atoms with van der Waals surface area (Å²) >= 11 is 1.26. The number of H-pyrrole nitrogens is 1. The van der Waals surface area contributed by atoms with Crippen molar-refractivity contribution in [3.8, 4) is 0 Å². The molecule has 0 saturated heterocycles. The first-order valence-corrected chi connectivity index (χ1v) is 11.4. The number of carbonyl (C=O) groups excluding carboxylic acids is 2. The number of hydrogen-bond acceptors (Lipinski definition) is 9. The molecule has 33 heavy (non-hydrogen) atoms. The summed E-state index contributed by atoms with van der Waals surface area (Å²) < 4.78 is 5.30. The SMILES string of the molecule is Cc1cc(Nc2nc(Sc3ccc(NC(=O)C4CC4)cc3)nc(C(=O)OC(C)C)c2N)n[nH]1. The maximum atomic E-state index is 12.6. The van der Waals surface area contributed by atoms with Gasteiger partial charge in [-0.25, -0.2) is 14.8 Å². The van der Waals surface area contributed by atoms with Crippen molar-refractivity contribution < 1.29 is 14.3 Å². The zero-order chi connectivity index (χ0) is 23.5. The Bertz CT molecular complexity index is 1170. The molecule has 0 spiro atoms. The molecule has 2 heterocycles. The van der Waals surface area contributed by atoms with E-state index >= 15 is 0 Å². The van der Waals surface area contributed by atoms with Gasteiger partial charge in [0.15, 0.2) is 22.5 Å². The maximum Gasteiger partial charge on any atom is 0.359 e. The molecule has 1 aliphatic carbocycles. The molecule has 172 valence electrons. The van der Waals surface area contributed by atoms with Gasteiger partial charge < -0.3 is 21.1 Å². The zero-order valence-electron chi connectivity index (χ0n) is 18.5. The van der Waals surface area contributed by atoms with Crippen molar-refractivity contribution in [1.29, 1.82) is 0 Å². The van der Waals surface area contributed by atoms with Crippen LogP contribution in [-0.4, -0.2) is 38.1 Å². The second kappa shape index (κ2) is 9.49. The Kier molecular flexibility index (Phi) is 6.50. The fourth-order valence-corrected chi connectivity index (χ4v) is 3.68. The monoisotopic (exact) mass is 467 g/mol. The summed E-state index contributed by atoms with van der Waals surface area (Å²) in [4.78, 5) is 34.2. The van der Waals surface area contributed by atoms with Crippen molar-refractivity contribution in [3.63, 3.8) is 0 Å². The number of anilines is 4. The van der Waals surface area contributed by atoms with Gasteiger partial charge in [-0.3, -0.25) is 9.89 Å². The Morgan fingerprint density at radius 3 is 2.55 bits per heavy atom. The van der Waals surface area contributed by atoms with Crippen LogP contribution in [0.3, 0.4) is 0 Å². The minimum atomic E-state index is -0.633. The normalized spacial score (nSPS) is 13.1. The van der Waals surface area contributed by atoms with Gasteiger partial charge in [-0.1, -0.05) is 0 Å². The van der Waals surface area contributed by atoms with E-state index in [2.05, 4.69) is 30.8 Å². The van der Waals surface area contributed by atoms with Gasteiger partial charge in [-0.2, -0.15) is 5.10 Å². The number of rotatable bonds is 8. The van der Waals surface area contributed by atoms with E-state index < -0.39 is 5.97 Å². The molecule has 4 rings (SSSR count). The third-order valence-electron chi connectivity index (χ3n) is 4.69. The lowest BCUT2D eigenvalue weighted by molar-refractivity contribution is -0.117. The zero-order valence-corrected chi connectivity index (χ0v) is 19.3. The summed E-state index contributed by atoms with van der Waals surface area (Å²) in [5.41, 5.74) is 7.83. The summed E-state index contributed by atoms with van der Waals surface area (Å²) in [5.74, 6) is 0.312. The first-order chi connectivity index (χ1) is 15.8. The molecule has 1 fully saturated rings. The van der Waals surface area contributed by atoms with Gasteiger partial charge in [-0.15, -0.1) is 0 Å². The number of nitrogens with two attached hydrogens (primary N) is 1. The van der Waals surface area contributed by atoms with Gasteiger partial charge in [0.1, 0.15) is 5.69 Å². The molecule has 0 atom stereocenters. The van der Waals surface area contributed by atoms with Crippen LogP contribution < -0.4 is 16.4 Å². The highest BCUT2D eigenvalue weighted by atomic mass is 32.2. The molecule has 0 radical (unpaired) electrons. The predicted molar refractivity (Wildman–Crippen MR) is 126 cm³/mol. The molecule has 3 aromatic rings. The van der Waals surface area contributed by atoms with E-state index in [9.17, 15) is 9.59 Å². The van der Waals surface area contributed by atoms with Gasteiger partial charge in [0.2, 0.25) is 5.91 Å². The van der Waals surface area contributed by atoms with Crippen molar-refractivity contribution in [1.82, 2.24) is 20.2 Å². The summed E-state index contributed by atoms with van der Waals surface area (Å²) in [6, 6.07) is 9.13. The Balaban J connectivity index is 1.58. The van der Waals surface area contributed by atoms with Gasteiger partial charge >= 0.3 is 5.97 Å². The topological polar surface area (TPSA) is 148 Å². The number of nitrogens with zero attached hydrogens (tertiary/aromatic N) is 3. The molecule has 1 saturated carbocycles. The lowest BCUT2D eigenvalue weighted by Gasteiger charge is -2.13. The summed E-state index contributed by atoms with van der Waals surface area (Å²) in [6.07, 6.45) is 1.57. The van der Waals surface area contributed by atoms with Gasteiger partial charge in [0, 0.05) is 28.3 Å². The molecule has 0 bridgehead atoms. The fourth-order valence-electron chi connectivity index (χ4n) is 2.92. The van der Waals surface area contributed by atoms with Crippen LogP contribution in [0.4, 0.5) is 23.0 Å². The largest absolute Gasteiger partial charge is 0.458 e. The first kappa shape index (κ1) is 22.6. The first-order valence-electron chi connectivity index (χ1n) is 10.5. The second-order valence-corrected chi connectivity index (χ2v) is 9.06. The number of benzene rings is 1. The van der Waals surface area contributed by atoms with Crippen LogP contribution in [0.25, 0.3) is 0 Å². The molecule has 11 heteroatoms. The molecular weight excluding hydrogens is 442 g/mol. The molecular formula is C22H25N7O3S. The van der Waals surface area contributed by atoms with E-state index in [-0.39, 0.29) is 35.1 Å². The van der Waals surface area contributed by atoms with Gasteiger partial charge in [0.05, 0.1) is 6.10 Å². The fraction of sp³-hybridized carbons (Fsp3) is 0.318. The van der Waals surface area contributed by atoms with Gasteiger partial charge in [-0.05, 0) is 69.6 Å². The minimum absolute atomic E-state index is 0.0238. The molecule has 2 aromatic heterocycles. The van der Waals surface area contributed by atoms with Crippen LogP contribution in [-0.2, 0) is 9.53 Å². The number of nitrogen functional groups attached to an aromatic ring is 1. The third kappa shape index (κ3) is 5.80. The average Bonchev–Trinajstić information content (AvgIpc) is 3.53. The predicted octanol–water partition coefficient (Wildman–Crippen LogP) is 3.90. The van der Waals surface area contributed by atoms with Crippen molar-refractivity contribution in [2.45, 2.75) is 49.8 Å². The quantitative estimate of drug-likeness (QED) is 0.286. The number of nitrogens with one attached hydrogen (secondary N) is 3. The van der Waals surface area contributed by atoms with E-state index in [1.165, 1.54) is 11.8 Å². The molecule has 1 amide bonds. The summed E-state index contributed by atoms with van der Waals surface area (Å²) in [7, 11) is 0. The minimum Gasteiger partial charge on any atom is -0.458 e. The van der Waals surface area contributed by atoms with E-state index in [1.807, 2.05) is 31.2 Å². The number of esters is 1. The highest BCUT2D eigenvalue weighted by molar-refractivity contribution is 7.99. The van der Waals surface area contributed by atoms with Crippen LogP contribution in [0, 0.1) is 12.8 Å². The van der Waals surface area contributed by atoms with Crippen LogP contribution in [0.1, 0.15) is 42.9 Å². The second-order valence-electron chi connectivity index (χ2n) is 8.02. The Morgan fingerprint density at radius 1 is 1.21 bits per heavy atom. The molecule has 1 aliphatic rings. The lowest BCUT2D eigenvalue weighted by Crippen LogP contribution is -2.17. The average molecular weight is 468 g/mol. The Morgan fingerprint density at radius 2 is 1.94 bits per heavy atom. The van der Waals surface area contributed by atoms with Crippen molar-refractivity contribution in [2.24, 2.45) is 5.92 Å². The molecule has 5 N–H and O–H groups in total. The standard InChI is InChI=1S/C22H25N7O3S/c1-11(2)32-21(31)18-17(23)19(25-16-10-12(3)28-29-16)27-22(26-18)33-15-8-6-14(7-9-15)24-20(30)13-4-5-13/h6-11,13H,4-5,23H2,1-3H3,(H,24,30)(H2,25,26,27,28,29). The highest BCUT2D eigenvalue weighted by Gasteiger charge is 2.29. The smallest absolute Gasteiger partial charge is 0.359 e. The summed E-state index contributed by atoms with van der Waals surface area (Å²) in [5, 5.41) is 13.2. The number of amides is 1. The van der Waals surface area contributed by atoms with E-state index in [0.717, 1.165) is 29.1 Å². The Labute approximate surface area is 195 Å². The van der Waals surface area contributed by atoms with Crippen LogP contribution in [0.15, 0.2) is 40.4 Å². The lowest BCUT2D eigenvalue weighted by atomic mass is 10.3. The third-order valence-corrected chi connectivity index (χ3v) is 5.57. The van der Waals surface area contributed by atoms with Crippen molar-refractivity contribution in [2.75, 3.05) is 16.4 Å². The van der Waals surface area contributed by atoms with Crippen LogP contribution in [0.5, 0.6) is 0 Å². The van der Waals surface area contributed by atoms with Crippen molar-refractivity contribution in [3.05, 3.63) is 41.7 Å². The van der Waals surface area contributed by atoms with Gasteiger partial charge in [0.25, 0.3) is 0 Å². The Hall–Kier alpha value is -3.60. The molecule has 1 aromatic carbocycles. The molecule has 0 aliphatic heterocycles. The highest BCUT2D eigenvalue weighted by Crippen LogP contribution is 2.33. The molecule has 10 nitrogen and oxygen atoms in total. The van der Waals surface area contributed by atoms with E-state index in [0.29, 0.717) is 11.0 Å². The van der Waals surface area contributed by atoms with E-state index in [1.54, 1.807) is 19.9 Å². The van der Waals surface area contributed by atoms with Crippen LogP contribution in [0.2, 0.25) is 0 Å². The number of carbonyl (C=O) groups is 2. The number of ether oxygens (including phenoxy) is 1. The summed E-state index contributed by atoms with van der Waals surface area (Å²) in [6.45, 7) is 5.37. The molecule has 0 unspecified atom stereocenters. The number of aromatic amines is 1. The number of hydrogen-bond donors (Lipinski definition) is 4. The van der Waals surface area contributed by atoms with Crippen molar-refractivity contribution >= 4 is 46.6 Å².